The molecule has 0 aliphatic heterocycles. The van der Waals surface area contributed by atoms with E-state index in [1.54, 1.807) is 18.2 Å². The third kappa shape index (κ3) is 3.50. The lowest BCUT2D eigenvalue weighted by Crippen LogP contribution is -2.12. The third-order valence-electron chi connectivity index (χ3n) is 2.88. The van der Waals surface area contributed by atoms with Gasteiger partial charge in [-0.15, -0.1) is 0 Å². The summed E-state index contributed by atoms with van der Waals surface area (Å²) in [7, 11) is 0. The fourth-order valence-electron chi connectivity index (χ4n) is 1.58. The zero-order valence-corrected chi connectivity index (χ0v) is 12.0. The molecule has 2 aromatic rings. The Labute approximate surface area is 114 Å². The Kier molecular flexibility index (Phi) is 5.42. The van der Waals surface area contributed by atoms with Gasteiger partial charge in [0, 0.05) is 11.6 Å². The van der Waals surface area contributed by atoms with Gasteiger partial charge in [-0.1, -0.05) is 27.7 Å². The van der Waals surface area contributed by atoms with E-state index < -0.39 is 0 Å². The summed E-state index contributed by atoms with van der Waals surface area (Å²) >= 11 is 0. The van der Waals surface area contributed by atoms with Crippen molar-refractivity contribution < 1.29 is 4.79 Å². The summed E-state index contributed by atoms with van der Waals surface area (Å²) in [4.78, 5) is 20.5. The topological polar surface area (TPSA) is 68.9 Å². The highest BCUT2D eigenvalue weighted by Gasteiger charge is 2.15. The normalized spacial score (nSPS) is 11.6. The maximum absolute atomic E-state index is 12.0. The Hall–Kier alpha value is -1.97. The molecule has 0 saturated carbocycles. The fourth-order valence-corrected chi connectivity index (χ4v) is 1.58. The maximum Gasteiger partial charge on any atom is 0.185 e. The minimum atomic E-state index is -0.0180. The van der Waals surface area contributed by atoms with E-state index in [0.29, 0.717) is 22.4 Å². The lowest BCUT2D eigenvalue weighted by molar-refractivity contribution is 0.0922. The number of nitrogens with two attached hydrogens (primary N) is 1. The molecule has 1 atom stereocenters. The van der Waals surface area contributed by atoms with Crippen LogP contribution in [0, 0.1) is 5.92 Å². The lowest BCUT2D eigenvalue weighted by atomic mass is 10.0. The Morgan fingerprint density at radius 3 is 2.63 bits per heavy atom. The molecule has 0 saturated heterocycles. The monoisotopic (exact) mass is 259 g/mol. The Morgan fingerprint density at radius 1 is 1.32 bits per heavy atom. The van der Waals surface area contributed by atoms with Crippen LogP contribution >= 0.6 is 0 Å². The molecule has 0 aliphatic rings. The number of hydrogen-bond acceptors (Lipinski definition) is 4. The average Bonchev–Trinajstić information content (AvgIpc) is 2.47. The van der Waals surface area contributed by atoms with Crippen molar-refractivity contribution in [3.63, 3.8) is 0 Å². The highest BCUT2D eigenvalue weighted by molar-refractivity contribution is 5.97. The number of hydrogen-bond donors (Lipinski definition) is 1. The summed E-state index contributed by atoms with van der Waals surface area (Å²) in [5.74, 6) is 0.0225. The highest BCUT2D eigenvalue weighted by atomic mass is 16.1. The highest BCUT2D eigenvalue weighted by Crippen LogP contribution is 2.15. The molecule has 4 heteroatoms. The van der Waals surface area contributed by atoms with Gasteiger partial charge in [0.2, 0.25) is 0 Å². The molecular weight excluding hydrogens is 238 g/mol. The van der Waals surface area contributed by atoms with Gasteiger partial charge in [-0.3, -0.25) is 9.78 Å². The first kappa shape index (κ1) is 15.1. The number of aromatic nitrogens is 2. The van der Waals surface area contributed by atoms with E-state index in [1.165, 1.54) is 6.20 Å². The quantitative estimate of drug-likeness (QED) is 0.677. The number of nitrogens with zero attached hydrogens (tertiary/aromatic N) is 2. The van der Waals surface area contributed by atoms with Gasteiger partial charge < -0.3 is 5.73 Å². The second-order valence-corrected chi connectivity index (χ2v) is 4.18. The standard InChI is InChI=1S/C13H15N3O.C2H6/c1-3-8(2)13(17)12-7-15-11-6-9(14)4-5-10(11)16-12;1-2/h4-8H,3,14H2,1-2H3;1-2H3. The summed E-state index contributed by atoms with van der Waals surface area (Å²) < 4.78 is 0. The summed E-state index contributed by atoms with van der Waals surface area (Å²) in [6, 6.07) is 5.29. The summed E-state index contributed by atoms with van der Waals surface area (Å²) in [5, 5.41) is 0. The molecular formula is C15H21N3O. The van der Waals surface area contributed by atoms with Crippen molar-refractivity contribution in [2.45, 2.75) is 34.1 Å². The molecule has 1 aromatic heterocycles. The van der Waals surface area contributed by atoms with Gasteiger partial charge in [-0.2, -0.15) is 0 Å². The molecule has 0 aliphatic carbocycles. The van der Waals surface area contributed by atoms with Crippen LogP contribution in [0.15, 0.2) is 24.4 Å². The molecule has 0 radical (unpaired) electrons. The van der Waals surface area contributed by atoms with Crippen molar-refractivity contribution in [1.82, 2.24) is 9.97 Å². The van der Waals surface area contributed by atoms with Crippen LogP contribution in [0.1, 0.15) is 44.6 Å². The first-order valence-electron chi connectivity index (χ1n) is 6.68. The smallest absolute Gasteiger partial charge is 0.185 e. The molecule has 102 valence electrons. The van der Waals surface area contributed by atoms with Crippen LogP contribution in [0.2, 0.25) is 0 Å². The van der Waals surface area contributed by atoms with Crippen molar-refractivity contribution >= 4 is 22.5 Å². The average molecular weight is 259 g/mol. The number of carbonyl (C=O) groups is 1. The van der Waals surface area contributed by atoms with Crippen LogP contribution in [0.3, 0.4) is 0 Å². The molecule has 2 N–H and O–H groups in total. The first-order valence-corrected chi connectivity index (χ1v) is 6.68. The number of Topliss-reactive ketones (excluding diaryl/α,β-unsaturated/α-hetero) is 1. The van der Waals surface area contributed by atoms with Gasteiger partial charge in [-0.25, -0.2) is 4.98 Å². The molecule has 0 bridgehead atoms. The number of benzene rings is 1. The zero-order valence-electron chi connectivity index (χ0n) is 12.0. The van der Waals surface area contributed by atoms with E-state index in [4.69, 9.17) is 5.73 Å². The van der Waals surface area contributed by atoms with E-state index in [9.17, 15) is 4.79 Å². The van der Waals surface area contributed by atoms with Crippen LogP contribution < -0.4 is 5.73 Å². The molecule has 2 rings (SSSR count). The second-order valence-electron chi connectivity index (χ2n) is 4.18. The molecule has 19 heavy (non-hydrogen) atoms. The van der Waals surface area contributed by atoms with Crippen LogP contribution in [0.25, 0.3) is 11.0 Å². The van der Waals surface area contributed by atoms with Crippen molar-refractivity contribution in [2.75, 3.05) is 5.73 Å². The van der Waals surface area contributed by atoms with Crippen LogP contribution in [-0.4, -0.2) is 15.8 Å². The zero-order chi connectivity index (χ0) is 14.4. The van der Waals surface area contributed by atoms with E-state index in [0.717, 1.165) is 6.42 Å². The maximum atomic E-state index is 12.0. The SMILES string of the molecule is CC.CCC(C)C(=O)c1cnc2cc(N)ccc2n1. The Morgan fingerprint density at radius 2 is 2.00 bits per heavy atom. The number of fused-ring (bicyclic) bond motifs is 1. The van der Waals surface area contributed by atoms with Crippen LogP contribution in [0.5, 0.6) is 0 Å². The molecule has 0 spiro atoms. The molecule has 0 fully saturated rings. The summed E-state index contributed by atoms with van der Waals surface area (Å²) in [6.07, 6.45) is 2.33. The lowest BCUT2D eigenvalue weighted by Gasteiger charge is -2.07. The molecule has 1 unspecified atom stereocenters. The molecule has 1 aromatic carbocycles. The number of rotatable bonds is 3. The van der Waals surface area contributed by atoms with Crippen molar-refractivity contribution in [2.24, 2.45) is 5.92 Å². The van der Waals surface area contributed by atoms with Gasteiger partial charge in [-0.05, 0) is 24.6 Å². The fraction of sp³-hybridized carbons (Fsp3) is 0.400. The minimum Gasteiger partial charge on any atom is -0.399 e. The largest absolute Gasteiger partial charge is 0.399 e. The predicted octanol–water partition coefficient (Wildman–Crippen LogP) is 3.47. The van der Waals surface area contributed by atoms with Gasteiger partial charge >= 0.3 is 0 Å². The van der Waals surface area contributed by atoms with E-state index in [1.807, 2.05) is 27.7 Å². The van der Waals surface area contributed by atoms with E-state index in [2.05, 4.69) is 9.97 Å². The van der Waals surface area contributed by atoms with Gasteiger partial charge in [0.25, 0.3) is 0 Å². The molecule has 1 heterocycles. The van der Waals surface area contributed by atoms with Gasteiger partial charge in [0.05, 0.1) is 17.2 Å². The van der Waals surface area contributed by atoms with E-state index >= 15 is 0 Å². The second kappa shape index (κ2) is 6.83. The van der Waals surface area contributed by atoms with Crippen LogP contribution in [0.4, 0.5) is 5.69 Å². The first-order chi connectivity index (χ1) is 9.11. The number of nitrogen functional groups attached to an aromatic ring is 1. The summed E-state index contributed by atoms with van der Waals surface area (Å²) in [5.41, 5.74) is 8.15. The summed E-state index contributed by atoms with van der Waals surface area (Å²) in [6.45, 7) is 7.88. The minimum absolute atomic E-state index is 0.0180. The van der Waals surface area contributed by atoms with Crippen molar-refractivity contribution in [3.05, 3.63) is 30.1 Å². The van der Waals surface area contributed by atoms with E-state index in [-0.39, 0.29) is 11.7 Å². The van der Waals surface area contributed by atoms with Gasteiger partial charge in [0.1, 0.15) is 5.69 Å². The van der Waals surface area contributed by atoms with Crippen molar-refractivity contribution in [3.8, 4) is 0 Å². The predicted molar refractivity (Wildman–Crippen MR) is 79.1 cm³/mol. The molecule has 4 nitrogen and oxygen atoms in total. The molecule has 0 amide bonds. The number of carbonyl (C=O) groups excluding carboxylic acids is 1. The van der Waals surface area contributed by atoms with Crippen molar-refractivity contribution in [1.29, 1.82) is 0 Å². The number of ketones is 1. The Balaban J connectivity index is 0.000000861. The van der Waals surface area contributed by atoms with Gasteiger partial charge in [0.15, 0.2) is 5.78 Å². The number of anilines is 1. The van der Waals surface area contributed by atoms with Crippen LogP contribution in [-0.2, 0) is 0 Å². The Bertz CT molecular complexity index is 566. The third-order valence-corrected chi connectivity index (χ3v) is 2.88.